The van der Waals surface area contributed by atoms with Gasteiger partial charge in [-0.25, -0.2) is 0 Å². The zero-order valence-corrected chi connectivity index (χ0v) is 7.76. The van der Waals surface area contributed by atoms with Gasteiger partial charge in [-0.3, -0.25) is 0 Å². The maximum atomic E-state index is 12.0. The molecule has 2 nitrogen and oxygen atoms in total. The number of aliphatic hydroxyl groups is 1. The summed E-state index contributed by atoms with van der Waals surface area (Å²) in [6, 6.07) is 0. The predicted molar refractivity (Wildman–Crippen MR) is 45.6 cm³/mol. The Labute approximate surface area is 67.4 Å². The molecular weight excluding hydrogens is 159 g/mol. The van der Waals surface area contributed by atoms with Crippen LogP contribution in [0, 0.1) is 0 Å². The van der Waals surface area contributed by atoms with Gasteiger partial charge in [-0.15, -0.1) is 0 Å². The highest BCUT2D eigenvalue weighted by Crippen LogP contribution is 2.65. The van der Waals surface area contributed by atoms with Crippen molar-refractivity contribution < 1.29 is 9.67 Å². The Morgan fingerprint density at radius 2 is 2.18 bits per heavy atom. The fourth-order valence-electron chi connectivity index (χ4n) is 2.64. The lowest BCUT2D eigenvalue weighted by atomic mass is 10.2. The zero-order chi connectivity index (χ0) is 8.06. The lowest BCUT2D eigenvalue weighted by molar-refractivity contribution is 0.172. The summed E-state index contributed by atoms with van der Waals surface area (Å²) in [5.74, 6) is 0. The molecule has 11 heavy (non-hydrogen) atoms. The van der Waals surface area contributed by atoms with Gasteiger partial charge in [0.15, 0.2) is 0 Å². The first-order valence-electron chi connectivity index (χ1n) is 4.37. The average Bonchev–Trinajstić information content (AvgIpc) is 2.15. The molecule has 0 amide bonds. The normalized spacial score (nSPS) is 56.4. The maximum Gasteiger partial charge on any atom is 0.0932 e. The van der Waals surface area contributed by atoms with Crippen molar-refractivity contribution in [2.75, 3.05) is 6.66 Å². The molecule has 2 aliphatic heterocycles. The first kappa shape index (κ1) is 7.82. The van der Waals surface area contributed by atoms with Gasteiger partial charge in [0, 0.05) is 11.3 Å². The zero-order valence-electron chi connectivity index (χ0n) is 6.86. The van der Waals surface area contributed by atoms with Crippen molar-refractivity contribution >= 4 is 7.14 Å². The molecule has 0 aromatic heterocycles. The SMILES string of the molecule is C[P@@]1(=O)[C@@H]2CCC[C@H]1[C@H](O)C2. The standard InChI is InChI=1S/C8H15O2P/c1-11(10)6-3-2-4-8(11)7(9)5-6/h6-9H,2-5H2,1H3/t6-,7-,8+,11-/m1/s1. The summed E-state index contributed by atoms with van der Waals surface area (Å²) in [4.78, 5) is 0. The molecule has 4 atom stereocenters. The smallest absolute Gasteiger partial charge is 0.0932 e. The van der Waals surface area contributed by atoms with Crippen molar-refractivity contribution in [2.45, 2.75) is 43.1 Å². The van der Waals surface area contributed by atoms with Crippen LogP contribution in [-0.4, -0.2) is 29.2 Å². The molecule has 2 heterocycles. The summed E-state index contributed by atoms with van der Waals surface area (Å²) < 4.78 is 12.0. The van der Waals surface area contributed by atoms with Crippen molar-refractivity contribution in [1.29, 1.82) is 0 Å². The third-order valence-electron chi connectivity index (χ3n) is 3.38. The Balaban J connectivity index is 2.32. The second-order valence-electron chi connectivity index (χ2n) is 4.01. The van der Waals surface area contributed by atoms with Gasteiger partial charge < -0.3 is 9.67 Å². The first-order valence-corrected chi connectivity index (χ1v) is 6.66. The number of hydrogen-bond acceptors (Lipinski definition) is 2. The fraction of sp³-hybridized carbons (Fsp3) is 1.00. The van der Waals surface area contributed by atoms with E-state index in [2.05, 4.69) is 0 Å². The Morgan fingerprint density at radius 1 is 1.45 bits per heavy atom. The molecule has 1 N–H and O–H groups in total. The van der Waals surface area contributed by atoms with Crippen LogP contribution in [0.25, 0.3) is 0 Å². The Morgan fingerprint density at radius 3 is 2.73 bits per heavy atom. The molecular formula is C8H15O2P. The molecule has 0 aromatic rings. The van der Waals surface area contributed by atoms with E-state index in [0.29, 0.717) is 5.66 Å². The Hall–Kier alpha value is 0.190. The monoisotopic (exact) mass is 174 g/mol. The van der Waals surface area contributed by atoms with E-state index in [1.165, 1.54) is 6.42 Å². The van der Waals surface area contributed by atoms with Crippen molar-refractivity contribution in [1.82, 2.24) is 0 Å². The molecule has 0 unspecified atom stereocenters. The topological polar surface area (TPSA) is 37.3 Å². The second kappa shape index (κ2) is 2.34. The minimum atomic E-state index is -1.96. The molecule has 2 rings (SSSR count). The maximum absolute atomic E-state index is 12.0. The van der Waals surface area contributed by atoms with E-state index < -0.39 is 7.14 Å². The van der Waals surface area contributed by atoms with Crippen LogP contribution in [0.3, 0.4) is 0 Å². The fourth-order valence-corrected chi connectivity index (χ4v) is 6.01. The molecule has 0 aliphatic carbocycles. The van der Waals surface area contributed by atoms with Crippen LogP contribution in [0.1, 0.15) is 25.7 Å². The Kier molecular flexibility index (Phi) is 1.66. The van der Waals surface area contributed by atoms with Crippen LogP contribution in [0.2, 0.25) is 0 Å². The summed E-state index contributed by atoms with van der Waals surface area (Å²) in [5.41, 5.74) is 0.512. The van der Waals surface area contributed by atoms with Crippen molar-refractivity contribution in [3.05, 3.63) is 0 Å². The summed E-state index contributed by atoms with van der Waals surface area (Å²) in [6.45, 7) is 1.89. The highest BCUT2D eigenvalue weighted by molar-refractivity contribution is 7.65. The summed E-state index contributed by atoms with van der Waals surface area (Å²) >= 11 is 0. The molecule has 0 radical (unpaired) electrons. The molecule has 0 aromatic carbocycles. The number of hydrogen-bond donors (Lipinski definition) is 1. The minimum absolute atomic E-state index is 0.154. The number of rotatable bonds is 0. The van der Waals surface area contributed by atoms with E-state index in [4.69, 9.17) is 0 Å². The van der Waals surface area contributed by atoms with Gasteiger partial charge in [0.05, 0.1) is 13.2 Å². The largest absolute Gasteiger partial charge is 0.392 e. The van der Waals surface area contributed by atoms with Crippen LogP contribution in [0.5, 0.6) is 0 Å². The van der Waals surface area contributed by atoms with Crippen LogP contribution >= 0.6 is 7.14 Å². The molecule has 2 saturated heterocycles. The van der Waals surface area contributed by atoms with E-state index in [9.17, 15) is 9.67 Å². The van der Waals surface area contributed by atoms with Gasteiger partial charge >= 0.3 is 0 Å². The molecule has 0 spiro atoms. The van der Waals surface area contributed by atoms with Gasteiger partial charge in [-0.1, -0.05) is 6.42 Å². The number of aliphatic hydroxyl groups excluding tert-OH is 1. The summed E-state index contributed by atoms with van der Waals surface area (Å²) in [5, 5.41) is 9.56. The minimum Gasteiger partial charge on any atom is -0.392 e. The van der Waals surface area contributed by atoms with Gasteiger partial charge in [-0.2, -0.15) is 0 Å². The van der Waals surface area contributed by atoms with Crippen molar-refractivity contribution in [3.63, 3.8) is 0 Å². The summed E-state index contributed by atoms with van der Waals surface area (Å²) in [7, 11) is -1.96. The van der Waals surface area contributed by atoms with Crippen LogP contribution < -0.4 is 0 Å². The van der Waals surface area contributed by atoms with Gasteiger partial charge in [-0.05, 0) is 25.9 Å². The van der Waals surface area contributed by atoms with Gasteiger partial charge in [0.2, 0.25) is 0 Å². The Bertz CT molecular complexity index is 214. The van der Waals surface area contributed by atoms with Crippen LogP contribution in [0.4, 0.5) is 0 Å². The third-order valence-corrected chi connectivity index (χ3v) is 7.22. The predicted octanol–water partition coefficient (Wildman–Crippen LogP) is 1.66. The van der Waals surface area contributed by atoms with Gasteiger partial charge in [0.25, 0.3) is 0 Å². The highest BCUT2D eigenvalue weighted by Gasteiger charge is 2.49. The van der Waals surface area contributed by atoms with Crippen molar-refractivity contribution in [3.8, 4) is 0 Å². The van der Waals surface area contributed by atoms with Crippen molar-refractivity contribution in [2.24, 2.45) is 0 Å². The van der Waals surface area contributed by atoms with E-state index >= 15 is 0 Å². The second-order valence-corrected chi connectivity index (χ2v) is 7.53. The molecule has 3 heteroatoms. The van der Waals surface area contributed by atoms with E-state index in [1.54, 1.807) is 0 Å². The quantitative estimate of drug-likeness (QED) is 0.567. The molecule has 0 saturated carbocycles. The van der Waals surface area contributed by atoms with Crippen LogP contribution in [-0.2, 0) is 4.57 Å². The number of fused-ring (bicyclic) bond motifs is 2. The van der Waals surface area contributed by atoms with Crippen LogP contribution in [0.15, 0.2) is 0 Å². The van der Waals surface area contributed by atoms with E-state index in [0.717, 1.165) is 19.3 Å². The van der Waals surface area contributed by atoms with E-state index in [1.807, 2.05) is 6.66 Å². The lowest BCUT2D eigenvalue weighted by Gasteiger charge is -2.27. The summed E-state index contributed by atoms with van der Waals surface area (Å²) in [6.07, 6.45) is 3.80. The third kappa shape index (κ3) is 0.996. The van der Waals surface area contributed by atoms with E-state index in [-0.39, 0.29) is 11.8 Å². The molecule has 2 bridgehead atoms. The molecule has 2 fully saturated rings. The average molecular weight is 174 g/mol. The van der Waals surface area contributed by atoms with Gasteiger partial charge in [0.1, 0.15) is 0 Å². The highest BCUT2D eigenvalue weighted by atomic mass is 31.2. The lowest BCUT2D eigenvalue weighted by Crippen LogP contribution is -2.20. The molecule has 64 valence electrons. The first-order chi connectivity index (χ1) is 5.12. The molecule has 2 aliphatic rings.